The fourth-order valence-electron chi connectivity index (χ4n) is 5.44. The molecule has 6 heteroatoms. The smallest absolute Gasteiger partial charge is 0.151 e. The van der Waals surface area contributed by atoms with E-state index in [4.69, 9.17) is 4.98 Å². The molecule has 5 nitrogen and oxygen atoms in total. The summed E-state index contributed by atoms with van der Waals surface area (Å²) < 4.78 is 1.94. The molecule has 29 heavy (non-hydrogen) atoms. The maximum Gasteiger partial charge on any atom is 0.151 e. The van der Waals surface area contributed by atoms with Gasteiger partial charge in [-0.3, -0.25) is 4.98 Å². The number of pyridine rings is 1. The molecule has 150 valence electrons. The Morgan fingerprint density at radius 3 is 2.59 bits per heavy atom. The molecule has 0 aliphatic heterocycles. The fraction of sp³-hybridized carbons (Fsp3) is 0.522. The van der Waals surface area contributed by atoms with E-state index in [1.54, 1.807) is 0 Å². The summed E-state index contributed by atoms with van der Waals surface area (Å²) in [6.07, 6.45) is 16.8. The molecule has 2 aliphatic carbocycles. The number of rotatable bonds is 5. The van der Waals surface area contributed by atoms with Gasteiger partial charge >= 0.3 is 0 Å². The van der Waals surface area contributed by atoms with Crippen LogP contribution >= 0.6 is 0 Å². The first kappa shape index (κ1) is 18.7. The Morgan fingerprint density at radius 1 is 1.03 bits per heavy atom. The van der Waals surface area contributed by atoms with E-state index in [-0.39, 0.29) is 0 Å². The van der Waals surface area contributed by atoms with Crippen LogP contribution in [0.5, 0.6) is 0 Å². The SMILES string of the molecule is Bc1cnn2c(NCc3cccnc3)cc(C3CCC(C4CCCC4)CC3)nc12. The lowest BCUT2D eigenvalue weighted by molar-refractivity contribution is 0.234. The van der Waals surface area contributed by atoms with Gasteiger partial charge in [-0.25, -0.2) is 4.98 Å². The standard InChI is InChI=1S/C23H30BN5/c24-20-15-27-29-22(26-14-16-4-3-11-25-13-16)12-21(28-23(20)29)19-9-7-18(8-10-19)17-5-1-2-6-17/h3-4,11-13,15,17-19,26H,1-2,5-10,14,24H2. The van der Waals surface area contributed by atoms with Crippen molar-refractivity contribution in [1.29, 1.82) is 0 Å². The van der Waals surface area contributed by atoms with Crippen LogP contribution in [0.3, 0.4) is 0 Å². The van der Waals surface area contributed by atoms with Gasteiger partial charge in [0, 0.05) is 42.8 Å². The first-order valence-electron chi connectivity index (χ1n) is 11.3. The largest absolute Gasteiger partial charge is 0.366 e. The number of anilines is 1. The van der Waals surface area contributed by atoms with Crippen LogP contribution in [0.25, 0.3) is 5.65 Å². The Balaban J connectivity index is 1.36. The third-order valence-electron chi connectivity index (χ3n) is 7.12. The molecule has 0 spiro atoms. The van der Waals surface area contributed by atoms with Gasteiger partial charge in [-0.15, -0.1) is 0 Å². The number of nitrogens with zero attached hydrogens (tertiary/aromatic N) is 4. The lowest BCUT2D eigenvalue weighted by Gasteiger charge is -2.32. The van der Waals surface area contributed by atoms with Crippen molar-refractivity contribution in [1.82, 2.24) is 19.6 Å². The summed E-state index contributed by atoms with van der Waals surface area (Å²) in [5.74, 6) is 3.56. The Labute approximate surface area is 173 Å². The molecule has 3 heterocycles. The maximum absolute atomic E-state index is 5.04. The summed E-state index contributed by atoms with van der Waals surface area (Å²) in [5.41, 5.74) is 4.52. The van der Waals surface area contributed by atoms with Crippen molar-refractivity contribution in [3.05, 3.63) is 48.0 Å². The van der Waals surface area contributed by atoms with Crippen LogP contribution in [-0.4, -0.2) is 27.4 Å². The molecule has 0 unspecified atom stereocenters. The Bertz CT molecular complexity index is 956. The van der Waals surface area contributed by atoms with Crippen molar-refractivity contribution in [2.45, 2.75) is 63.8 Å². The van der Waals surface area contributed by atoms with Crippen LogP contribution in [0.4, 0.5) is 5.82 Å². The van der Waals surface area contributed by atoms with Gasteiger partial charge in [0.05, 0.1) is 0 Å². The van der Waals surface area contributed by atoms with E-state index in [1.165, 1.54) is 62.6 Å². The molecule has 5 rings (SSSR count). The average molecular weight is 387 g/mol. The minimum absolute atomic E-state index is 0.575. The molecular weight excluding hydrogens is 357 g/mol. The molecule has 1 N–H and O–H groups in total. The van der Waals surface area contributed by atoms with Gasteiger partial charge in [-0.05, 0) is 54.6 Å². The molecule has 2 saturated carbocycles. The maximum atomic E-state index is 5.04. The van der Waals surface area contributed by atoms with Crippen molar-refractivity contribution < 1.29 is 0 Å². The van der Waals surface area contributed by atoms with Gasteiger partial charge in [0.2, 0.25) is 0 Å². The summed E-state index contributed by atoms with van der Waals surface area (Å²) >= 11 is 0. The number of fused-ring (bicyclic) bond motifs is 1. The van der Waals surface area contributed by atoms with Crippen molar-refractivity contribution in [3.8, 4) is 0 Å². The second kappa shape index (κ2) is 8.17. The summed E-state index contributed by atoms with van der Waals surface area (Å²) in [5, 5.41) is 8.13. The lowest BCUT2D eigenvalue weighted by atomic mass is 9.74. The van der Waals surface area contributed by atoms with Gasteiger partial charge < -0.3 is 5.32 Å². The first-order chi connectivity index (χ1) is 14.3. The van der Waals surface area contributed by atoms with E-state index in [0.717, 1.165) is 35.3 Å². The highest BCUT2D eigenvalue weighted by Crippen LogP contribution is 2.43. The highest BCUT2D eigenvalue weighted by Gasteiger charge is 2.30. The van der Waals surface area contributed by atoms with Crippen LogP contribution in [0, 0.1) is 11.8 Å². The third kappa shape index (κ3) is 3.89. The van der Waals surface area contributed by atoms with E-state index in [1.807, 2.05) is 29.2 Å². The molecule has 0 bridgehead atoms. The fourth-order valence-corrected chi connectivity index (χ4v) is 5.44. The predicted molar refractivity (Wildman–Crippen MR) is 119 cm³/mol. The minimum atomic E-state index is 0.575. The molecule has 0 amide bonds. The van der Waals surface area contributed by atoms with E-state index in [2.05, 4.69) is 35.4 Å². The van der Waals surface area contributed by atoms with Crippen molar-refractivity contribution in [3.63, 3.8) is 0 Å². The van der Waals surface area contributed by atoms with Gasteiger partial charge in [0.25, 0.3) is 0 Å². The summed E-state index contributed by atoms with van der Waals surface area (Å²) in [7, 11) is 2.10. The van der Waals surface area contributed by atoms with E-state index in [9.17, 15) is 0 Å². The van der Waals surface area contributed by atoms with E-state index >= 15 is 0 Å². The Hall–Kier alpha value is -2.37. The number of hydrogen-bond acceptors (Lipinski definition) is 4. The molecular formula is C23H30BN5. The number of hydrogen-bond donors (Lipinski definition) is 1. The van der Waals surface area contributed by atoms with Gasteiger partial charge in [-0.2, -0.15) is 9.61 Å². The third-order valence-corrected chi connectivity index (χ3v) is 7.12. The first-order valence-corrected chi connectivity index (χ1v) is 11.3. The van der Waals surface area contributed by atoms with Crippen molar-refractivity contribution in [2.24, 2.45) is 11.8 Å². The van der Waals surface area contributed by atoms with Crippen LogP contribution in [0.2, 0.25) is 0 Å². The minimum Gasteiger partial charge on any atom is -0.366 e. The molecule has 2 fully saturated rings. The monoisotopic (exact) mass is 387 g/mol. The lowest BCUT2D eigenvalue weighted by Crippen LogP contribution is -2.20. The van der Waals surface area contributed by atoms with Crippen molar-refractivity contribution in [2.75, 3.05) is 5.32 Å². The molecule has 0 atom stereocenters. The molecule has 3 aromatic rings. The van der Waals surface area contributed by atoms with Crippen LogP contribution < -0.4 is 10.8 Å². The van der Waals surface area contributed by atoms with Crippen LogP contribution in [-0.2, 0) is 6.54 Å². The molecule has 3 aromatic heterocycles. The second-order valence-corrected chi connectivity index (χ2v) is 9.00. The number of aromatic nitrogens is 4. The number of nitrogens with one attached hydrogen (secondary N) is 1. The molecule has 0 radical (unpaired) electrons. The summed E-state index contributed by atoms with van der Waals surface area (Å²) in [6.45, 7) is 0.736. The quantitative estimate of drug-likeness (QED) is 0.682. The van der Waals surface area contributed by atoms with Crippen LogP contribution in [0.15, 0.2) is 36.8 Å². The highest BCUT2D eigenvalue weighted by atomic mass is 15.3. The molecule has 0 saturated heterocycles. The second-order valence-electron chi connectivity index (χ2n) is 9.00. The average Bonchev–Trinajstić information content (AvgIpc) is 3.44. The van der Waals surface area contributed by atoms with Gasteiger partial charge in [0.1, 0.15) is 13.7 Å². The normalized spacial score (nSPS) is 22.9. The van der Waals surface area contributed by atoms with Gasteiger partial charge in [0.15, 0.2) is 5.65 Å². The molecule has 2 aliphatic rings. The van der Waals surface area contributed by atoms with E-state index in [0.29, 0.717) is 5.92 Å². The topological polar surface area (TPSA) is 55.1 Å². The van der Waals surface area contributed by atoms with Crippen molar-refractivity contribution >= 4 is 24.8 Å². The van der Waals surface area contributed by atoms with Gasteiger partial charge in [-0.1, -0.05) is 31.7 Å². The molecule has 0 aromatic carbocycles. The van der Waals surface area contributed by atoms with Crippen LogP contribution in [0.1, 0.15) is 68.5 Å². The zero-order chi connectivity index (χ0) is 19.6. The zero-order valence-corrected chi connectivity index (χ0v) is 17.3. The Kier molecular flexibility index (Phi) is 5.25. The Morgan fingerprint density at radius 2 is 1.83 bits per heavy atom. The summed E-state index contributed by atoms with van der Waals surface area (Å²) in [4.78, 5) is 9.26. The predicted octanol–water partition coefficient (Wildman–Crippen LogP) is 3.46. The highest BCUT2D eigenvalue weighted by molar-refractivity contribution is 6.36. The van der Waals surface area contributed by atoms with E-state index < -0.39 is 0 Å². The zero-order valence-electron chi connectivity index (χ0n) is 17.3. The summed E-state index contributed by atoms with van der Waals surface area (Å²) in [6, 6.07) is 6.31.